The molecule has 0 saturated carbocycles. The van der Waals surface area contributed by atoms with E-state index in [0.29, 0.717) is 6.42 Å². The Morgan fingerprint density at radius 1 is 1.00 bits per heavy atom. The van der Waals surface area contributed by atoms with Crippen LogP contribution in [0.2, 0.25) is 0 Å². The monoisotopic (exact) mass is 239 g/mol. The Balaban J connectivity index is 1.97. The Hall–Kier alpha value is -2.09. The van der Waals surface area contributed by atoms with Crippen molar-refractivity contribution in [3.63, 3.8) is 0 Å². The number of rotatable bonds is 5. The third-order valence-electron chi connectivity index (χ3n) is 2.87. The van der Waals surface area contributed by atoms with E-state index < -0.39 is 0 Å². The number of nitrogens with one attached hydrogen (secondary N) is 1. The molecule has 2 aromatic rings. The molecule has 0 bridgehead atoms. The molecule has 0 aromatic heterocycles. The fourth-order valence-electron chi connectivity index (χ4n) is 1.78. The lowest BCUT2D eigenvalue weighted by Crippen LogP contribution is -2.00. The first-order chi connectivity index (χ1) is 8.79. The second kappa shape index (κ2) is 6.01. The standard InChI is InChI=1S/C16H17NO/c1-2-16(18)14-8-10-15(11-9-14)17-12-13-6-4-3-5-7-13/h3-11,17H,2,12H2,1H3. The van der Waals surface area contributed by atoms with Crippen LogP contribution in [-0.4, -0.2) is 5.78 Å². The highest BCUT2D eigenvalue weighted by Gasteiger charge is 2.01. The normalized spacial score (nSPS) is 10.1. The van der Waals surface area contributed by atoms with Crippen LogP contribution >= 0.6 is 0 Å². The van der Waals surface area contributed by atoms with E-state index in [2.05, 4.69) is 17.4 Å². The van der Waals surface area contributed by atoms with Crippen molar-refractivity contribution in [1.82, 2.24) is 0 Å². The van der Waals surface area contributed by atoms with E-state index in [-0.39, 0.29) is 5.78 Å². The van der Waals surface area contributed by atoms with Crippen LogP contribution in [0.5, 0.6) is 0 Å². The highest BCUT2D eigenvalue weighted by atomic mass is 16.1. The minimum atomic E-state index is 0.185. The topological polar surface area (TPSA) is 29.1 Å². The van der Waals surface area contributed by atoms with Gasteiger partial charge >= 0.3 is 0 Å². The quantitative estimate of drug-likeness (QED) is 0.802. The molecule has 0 amide bonds. The van der Waals surface area contributed by atoms with Gasteiger partial charge in [0.2, 0.25) is 0 Å². The van der Waals surface area contributed by atoms with Gasteiger partial charge in [-0.05, 0) is 29.8 Å². The summed E-state index contributed by atoms with van der Waals surface area (Å²) in [5.41, 5.74) is 3.06. The molecule has 2 rings (SSSR count). The number of Topliss-reactive ketones (excluding diaryl/α,β-unsaturated/α-hetero) is 1. The van der Waals surface area contributed by atoms with E-state index in [9.17, 15) is 4.79 Å². The molecule has 0 unspecified atom stereocenters. The second-order valence-corrected chi connectivity index (χ2v) is 4.19. The zero-order chi connectivity index (χ0) is 12.8. The first kappa shape index (κ1) is 12.4. The van der Waals surface area contributed by atoms with Gasteiger partial charge in [0.1, 0.15) is 0 Å². The molecule has 0 atom stereocenters. The van der Waals surface area contributed by atoms with Crippen LogP contribution in [0.1, 0.15) is 29.3 Å². The lowest BCUT2D eigenvalue weighted by Gasteiger charge is -2.07. The number of carbonyl (C=O) groups excluding carboxylic acids is 1. The maximum Gasteiger partial charge on any atom is 0.162 e. The summed E-state index contributed by atoms with van der Waals surface area (Å²) in [6.07, 6.45) is 0.552. The van der Waals surface area contributed by atoms with Crippen LogP contribution < -0.4 is 5.32 Å². The maximum atomic E-state index is 11.5. The van der Waals surface area contributed by atoms with Crippen molar-refractivity contribution in [1.29, 1.82) is 0 Å². The van der Waals surface area contributed by atoms with E-state index in [1.54, 1.807) is 0 Å². The molecule has 0 fully saturated rings. The van der Waals surface area contributed by atoms with Gasteiger partial charge in [0.15, 0.2) is 5.78 Å². The van der Waals surface area contributed by atoms with Crippen molar-refractivity contribution in [3.8, 4) is 0 Å². The summed E-state index contributed by atoms with van der Waals surface area (Å²) in [7, 11) is 0. The van der Waals surface area contributed by atoms with Crippen molar-refractivity contribution < 1.29 is 4.79 Å². The van der Waals surface area contributed by atoms with Crippen LogP contribution in [0.15, 0.2) is 54.6 Å². The molecule has 0 saturated heterocycles. The SMILES string of the molecule is CCC(=O)c1ccc(NCc2ccccc2)cc1. The van der Waals surface area contributed by atoms with Crippen molar-refractivity contribution in [2.75, 3.05) is 5.32 Å². The molecule has 0 radical (unpaired) electrons. The van der Waals surface area contributed by atoms with E-state index in [1.807, 2.05) is 49.4 Å². The maximum absolute atomic E-state index is 11.5. The Bertz CT molecular complexity index is 502. The van der Waals surface area contributed by atoms with Crippen LogP contribution in [0.25, 0.3) is 0 Å². The molecule has 92 valence electrons. The third kappa shape index (κ3) is 3.20. The van der Waals surface area contributed by atoms with Crippen LogP contribution in [0.3, 0.4) is 0 Å². The summed E-state index contributed by atoms with van der Waals surface area (Å²) < 4.78 is 0. The Morgan fingerprint density at radius 2 is 1.67 bits per heavy atom. The summed E-state index contributed by atoms with van der Waals surface area (Å²) in [4.78, 5) is 11.5. The van der Waals surface area contributed by atoms with E-state index >= 15 is 0 Å². The molecule has 0 heterocycles. The van der Waals surface area contributed by atoms with E-state index in [1.165, 1.54) is 5.56 Å². The molecule has 2 heteroatoms. The summed E-state index contributed by atoms with van der Waals surface area (Å²) >= 11 is 0. The lowest BCUT2D eigenvalue weighted by molar-refractivity contribution is 0.0988. The van der Waals surface area contributed by atoms with Crippen LogP contribution in [0.4, 0.5) is 5.69 Å². The van der Waals surface area contributed by atoms with Gasteiger partial charge in [-0.1, -0.05) is 37.3 Å². The predicted molar refractivity (Wildman–Crippen MR) is 74.8 cm³/mol. The predicted octanol–water partition coefficient (Wildman–Crippen LogP) is 3.89. The minimum Gasteiger partial charge on any atom is -0.381 e. The number of hydrogen-bond donors (Lipinski definition) is 1. The van der Waals surface area contributed by atoms with Crippen LogP contribution in [-0.2, 0) is 6.54 Å². The Morgan fingerprint density at radius 3 is 2.28 bits per heavy atom. The average molecular weight is 239 g/mol. The van der Waals surface area contributed by atoms with Gasteiger partial charge in [0.25, 0.3) is 0 Å². The molecule has 0 spiro atoms. The van der Waals surface area contributed by atoms with Gasteiger partial charge in [0.05, 0.1) is 0 Å². The molecule has 0 aliphatic heterocycles. The molecular weight excluding hydrogens is 222 g/mol. The molecule has 18 heavy (non-hydrogen) atoms. The zero-order valence-electron chi connectivity index (χ0n) is 10.5. The Labute approximate surface area is 108 Å². The summed E-state index contributed by atoms with van der Waals surface area (Å²) in [6.45, 7) is 2.67. The summed E-state index contributed by atoms with van der Waals surface area (Å²) in [6, 6.07) is 17.9. The number of benzene rings is 2. The Kier molecular flexibility index (Phi) is 4.13. The van der Waals surface area contributed by atoms with Gasteiger partial charge in [-0.25, -0.2) is 0 Å². The van der Waals surface area contributed by atoms with Crippen molar-refractivity contribution >= 4 is 11.5 Å². The number of carbonyl (C=O) groups is 1. The summed E-state index contributed by atoms with van der Waals surface area (Å²) in [5, 5.41) is 3.33. The number of anilines is 1. The minimum absolute atomic E-state index is 0.185. The fourth-order valence-corrected chi connectivity index (χ4v) is 1.78. The zero-order valence-corrected chi connectivity index (χ0v) is 10.5. The van der Waals surface area contributed by atoms with Gasteiger partial charge in [-0.15, -0.1) is 0 Å². The highest BCUT2D eigenvalue weighted by molar-refractivity contribution is 5.96. The molecule has 0 aliphatic rings. The molecule has 0 aliphatic carbocycles. The largest absolute Gasteiger partial charge is 0.381 e. The van der Waals surface area contributed by atoms with Crippen LogP contribution in [0, 0.1) is 0 Å². The third-order valence-corrected chi connectivity index (χ3v) is 2.87. The number of hydrogen-bond acceptors (Lipinski definition) is 2. The van der Waals surface area contributed by atoms with Gasteiger partial charge in [-0.2, -0.15) is 0 Å². The molecular formula is C16H17NO. The highest BCUT2D eigenvalue weighted by Crippen LogP contribution is 2.12. The molecule has 1 N–H and O–H groups in total. The lowest BCUT2D eigenvalue weighted by atomic mass is 10.1. The summed E-state index contributed by atoms with van der Waals surface area (Å²) in [5.74, 6) is 0.185. The number of ketones is 1. The second-order valence-electron chi connectivity index (χ2n) is 4.19. The van der Waals surface area contributed by atoms with Crippen molar-refractivity contribution in [2.45, 2.75) is 19.9 Å². The molecule has 2 aromatic carbocycles. The fraction of sp³-hybridized carbons (Fsp3) is 0.188. The first-order valence-electron chi connectivity index (χ1n) is 6.20. The van der Waals surface area contributed by atoms with Crippen molar-refractivity contribution in [2.24, 2.45) is 0 Å². The van der Waals surface area contributed by atoms with E-state index in [4.69, 9.17) is 0 Å². The van der Waals surface area contributed by atoms with Gasteiger partial charge in [0, 0.05) is 24.2 Å². The smallest absolute Gasteiger partial charge is 0.162 e. The molecule has 2 nitrogen and oxygen atoms in total. The van der Waals surface area contributed by atoms with Gasteiger partial charge < -0.3 is 5.32 Å². The van der Waals surface area contributed by atoms with E-state index in [0.717, 1.165) is 17.8 Å². The average Bonchev–Trinajstić information content (AvgIpc) is 2.46. The first-order valence-corrected chi connectivity index (χ1v) is 6.20. The van der Waals surface area contributed by atoms with Crippen molar-refractivity contribution in [3.05, 3.63) is 65.7 Å². The van der Waals surface area contributed by atoms with Gasteiger partial charge in [-0.3, -0.25) is 4.79 Å².